The Morgan fingerprint density at radius 1 is 0.292 bits per heavy atom. The van der Waals surface area contributed by atoms with Crippen LogP contribution in [0.3, 0.4) is 0 Å². The zero-order valence-electron chi connectivity index (χ0n) is 44.0. The van der Waals surface area contributed by atoms with Crippen molar-refractivity contribution in [2.75, 3.05) is 13.2 Å². The third-order valence-corrected chi connectivity index (χ3v) is 13.3. The minimum absolute atomic E-state index is 0.0651. The van der Waals surface area contributed by atoms with Crippen LogP contribution >= 0.6 is 0 Å². The van der Waals surface area contributed by atoms with Crippen molar-refractivity contribution in [1.29, 1.82) is 0 Å². The lowest BCUT2D eigenvalue weighted by Gasteiger charge is -2.18. The van der Waals surface area contributed by atoms with Crippen molar-refractivity contribution in [1.82, 2.24) is 0 Å². The first-order valence-electron chi connectivity index (χ1n) is 29.2. The van der Waals surface area contributed by atoms with Crippen molar-refractivity contribution in [3.8, 4) is 0 Å². The lowest BCUT2D eigenvalue weighted by Crippen LogP contribution is -2.30. The minimum atomic E-state index is -0.766. The van der Waals surface area contributed by atoms with Gasteiger partial charge < -0.3 is 14.2 Å². The maximum Gasteiger partial charge on any atom is 0.306 e. The Bertz CT molecular complexity index is 1010. The number of rotatable bonds is 54. The second kappa shape index (κ2) is 54.8. The predicted octanol–water partition coefficient (Wildman–Crippen LogP) is 19.3. The van der Waals surface area contributed by atoms with Crippen LogP contribution < -0.4 is 0 Å². The molecule has 0 bridgehead atoms. The Balaban J connectivity index is 4.31. The fraction of sp³-hybridized carbons (Fsp3) is 0.915. The van der Waals surface area contributed by atoms with Gasteiger partial charge in [-0.15, -0.1) is 0 Å². The van der Waals surface area contributed by atoms with Gasteiger partial charge in [0.1, 0.15) is 13.2 Å². The molecule has 0 spiro atoms. The van der Waals surface area contributed by atoms with Crippen molar-refractivity contribution >= 4 is 17.9 Å². The van der Waals surface area contributed by atoms with Crippen molar-refractivity contribution in [3.63, 3.8) is 0 Å². The van der Waals surface area contributed by atoms with Crippen molar-refractivity contribution < 1.29 is 28.6 Å². The van der Waals surface area contributed by atoms with Gasteiger partial charge in [-0.3, -0.25) is 14.4 Å². The molecule has 0 heterocycles. The first-order chi connectivity index (χ1) is 32.0. The van der Waals surface area contributed by atoms with Gasteiger partial charge in [0.2, 0.25) is 0 Å². The molecule has 0 radical (unpaired) electrons. The molecule has 0 aromatic rings. The highest BCUT2D eigenvalue weighted by Gasteiger charge is 2.19. The summed E-state index contributed by atoms with van der Waals surface area (Å²) < 4.78 is 16.9. The van der Waals surface area contributed by atoms with E-state index in [1.165, 1.54) is 231 Å². The smallest absolute Gasteiger partial charge is 0.306 e. The molecule has 0 aliphatic carbocycles. The molecule has 0 aliphatic heterocycles. The summed E-state index contributed by atoms with van der Waals surface area (Å²) in [5, 5.41) is 0. The molecule has 0 aromatic heterocycles. The molecule has 0 aliphatic rings. The molecule has 65 heavy (non-hydrogen) atoms. The van der Waals surface area contributed by atoms with Gasteiger partial charge in [0, 0.05) is 19.3 Å². The molecule has 0 unspecified atom stereocenters. The van der Waals surface area contributed by atoms with E-state index in [-0.39, 0.29) is 31.1 Å². The van der Waals surface area contributed by atoms with Gasteiger partial charge in [-0.25, -0.2) is 0 Å². The van der Waals surface area contributed by atoms with Crippen molar-refractivity contribution in [2.45, 2.75) is 335 Å². The highest BCUT2D eigenvalue weighted by Crippen LogP contribution is 2.17. The van der Waals surface area contributed by atoms with Crippen LogP contribution in [0.5, 0.6) is 0 Å². The highest BCUT2D eigenvalue weighted by atomic mass is 16.6. The SMILES string of the molecule is CCCCCC/C=C/CCCCCCCCCC(=O)OC[C@H](COC(=O)CCCCCCCCCCCCCCCCCC)OC(=O)CCCCCCCCCCCCCCCCCC. The third-order valence-electron chi connectivity index (χ3n) is 13.3. The number of esters is 3. The quantitative estimate of drug-likeness (QED) is 0.0262. The van der Waals surface area contributed by atoms with Crippen LogP contribution in [-0.2, 0) is 28.6 Å². The number of ether oxygens (including phenoxy) is 3. The van der Waals surface area contributed by atoms with Crippen LogP contribution in [0.2, 0.25) is 0 Å². The van der Waals surface area contributed by atoms with E-state index in [1.54, 1.807) is 0 Å². The summed E-state index contributed by atoms with van der Waals surface area (Å²) in [5.41, 5.74) is 0. The molecule has 6 heteroatoms. The van der Waals surface area contributed by atoms with Gasteiger partial charge in [-0.1, -0.05) is 277 Å². The van der Waals surface area contributed by atoms with Gasteiger partial charge in [0.15, 0.2) is 6.10 Å². The Morgan fingerprint density at radius 2 is 0.508 bits per heavy atom. The molecule has 0 N–H and O–H groups in total. The average molecular weight is 918 g/mol. The summed E-state index contributed by atoms with van der Waals surface area (Å²) in [6, 6.07) is 0. The summed E-state index contributed by atoms with van der Waals surface area (Å²) >= 11 is 0. The van der Waals surface area contributed by atoms with Gasteiger partial charge in [-0.2, -0.15) is 0 Å². The van der Waals surface area contributed by atoms with Crippen molar-refractivity contribution in [3.05, 3.63) is 12.2 Å². The van der Waals surface area contributed by atoms with E-state index in [9.17, 15) is 14.4 Å². The maximum atomic E-state index is 12.9. The molecule has 0 saturated heterocycles. The van der Waals surface area contributed by atoms with Crippen LogP contribution in [0.15, 0.2) is 12.2 Å². The number of allylic oxidation sites excluding steroid dienone is 2. The molecule has 1 atom stereocenters. The van der Waals surface area contributed by atoms with E-state index in [0.717, 1.165) is 57.8 Å². The van der Waals surface area contributed by atoms with Crippen LogP contribution in [0.4, 0.5) is 0 Å². The molecule has 6 nitrogen and oxygen atoms in total. The van der Waals surface area contributed by atoms with E-state index in [1.807, 2.05) is 0 Å². The second-order valence-corrected chi connectivity index (χ2v) is 19.9. The number of carbonyl (C=O) groups excluding carboxylic acids is 3. The summed E-state index contributed by atoms with van der Waals surface area (Å²) in [5.74, 6) is -0.844. The molecule has 0 saturated carbocycles. The van der Waals surface area contributed by atoms with Gasteiger partial charge in [-0.05, 0) is 44.9 Å². The summed E-state index contributed by atoms with van der Waals surface area (Å²) in [4.78, 5) is 38.1. The Kier molecular flexibility index (Phi) is 53.2. The third kappa shape index (κ3) is 53.0. The van der Waals surface area contributed by atoms with E-state index >= 15 is 0 Å². The van der Waals surface area contributed by atoms with Gasteiger partial charge >= 0.3 is 17.9 Å². The Hall–Kier alpha value is -1.85. The van der Waals surface area contributed by atoms with Crippen molar-refractivity contribution in [2.24, 2.45) is 0 Å². The van der Waals surface area contributed by atoms with Crippen LogP contribution in [0.25, 0.3) is 0 Å². The molecule has 0 aromatic carbocycles. The van der Waals surface area contributed by atoms with E-state index < -0.39 is 6.10 Å². The number of hydrogen-bond acceptors (Lipinski definition) is 6. The summed E-state index contributed by atoms with van der Waals surface area (Å²) in [6.07, 6.45) is 62.0. The molecule has 384 valence electrons. The zero-order chi connectivity index (χ0) is 47.2. The molecular weight excluding hydrogens is 805 g/mol. The monoisotopic (exact) mass is 917 g/mol. The van der Waals surface area contributed by atoms with E-state index in [4.69, 9.17) is 14.2 Å². The summed E-state index contributed by atoms with van der Waals surface area (Å²) in [6.45, 7) is 6.68. The maximum absolute atomic E-state index is 12.9. The van der Waals surface area contributed by atoms with Gasteiger partial charge in [0.05, 0.1) is 0 Å². The number of unbranched alkanes of at least 4 members (excludes halogenated alkanes) is 41. The average Bonchev–Trinajstić information content (AvgIpc) is 3.30. The Morgan fingerprint density at radius 3 is 0.785 bits per heavy atom. The fourth-order valence-electron chi connectivity index (χ4n) is 8.85. The fourth-order valence-corrected chi connectivity index (χ4v) is 8.85. The number of hydrogen-bond donors (Lipinski definition) is 0. The topological polar surface area (TPSA) is 78.9 Å². The van der Waals surface area contributed by atoms with Crippen LogP contribution in [0, 0.1) is 0 Å². The predicted molar refractivity (Wildman–Crippen MR) is 280 cm³/mol. The molecule has 0 rings (SSSR count). The van der Waals surface area contributed by atoms with Gasteiger partial charge in [0.25, 0.3) is 0 Å². The minimum Gasteiger partial charge on any atom is -0.462 e. The molecule has 0 amide bonds. The lowest BCUT2D eigenvalue weighted by molar-refractivity contribution is -0.167. The molecule has 0 fully saturated rings. The van der Waals surface area contributed by atoms with Crippen LogP contribution in [-0.4, -0.2) is 37.2 Å². The van der Waals surface area contributed by atoms with E-state index in [2.05, 4.69) is 32.9 Å². The highest BCUT2D eigenvalue weighted by molar-refractivity contribution is 5.71. The Labute approximate surface area is 405 Å². The molecular formula is C59H112O6. The lowest BCUT2D eigenvalue weighted by atomic mass is 10.0. The zero-order valence-corrected chi connectivity index (χ0v) is 44.0. The van der Waals surface area contributed by atoms with Crippen LogP contribution in [0.1, 0.15) is 329 Å². The second-order valence-electron chi connectivity index (χ2n) is 19.9. The first kappa shape index (κ1) is 63.1. The van der Waals surface area contributed by atoms with E-state index in [0.29, 0.717) is 19.3 Å². The number of carbonyl (C=O) groups is 3. The first-order valence-corrected chi connectivity index (χ1v) is 29.2. The normalized spacial score (nSPS) is 12.0. The summed E-state index contributed by atoms with van der Waals surface area (Å²) in [7, 11) is 0. The standard InChI is InChI=1S/C59H112O6/c1-4-7-10-13-16-19-22-25-28-31-34-37-40-43-46-49-52-58(61)64-55-56(54-63-57(60)51-48-45-42-39-36-33-30-27-24-21-18-15-12-9-6-3)65-59(62)53-50-47-44-41-38-35-32-29-26-23-20-17-14-11-8-5-2/h21,24,56H,4-20,22-23,25-55H2,1-3H3/b24-21+/t56-/m1/s1. The largest absolute Gasteiger partial charge is 0.462 e.